The van der Waals surface area contributed by atoms with Gasteiger partial charge in [-0.3, -0.25) is 4.98 Å². The molecule has 6 nitrogen and oxygen atoms in total. The first-order valence-corrected chi connectivity index (χ1v) is 9.52. The number of halogens is 1. The van der Waals surface area contributed by atoms with E-state index >= 15 is 0 Å². The molecule has 0 aliphatic rings. The van der Waals surface area contributed by atoms with E-state index in [2.05, 4.69) is 4.98 Å². The van der Waals surface area contributed by atoms with Crippen LogP contribution in [0.5, 0.6) is 23.0 Å². The van der Waals surface area contributed by atoms with E-state index < -0.39 is 15.5 Å². The van der Waals surface area contributed by atoms with Crippen molar-refractivity contribution in [3.63, 3.8) is 0 Å². The Morgan fingerprint density at radius 3 is 2.31 bits per heavy atom. The lowest BCUT2D eigenvalue weighted by atomic mass is 10.2. The molecular formula is C18H17FN2O4S. The Morgan fingerprint density at radius 2 is 1.69 bits per heavy atom. The number of hydrogen-bond donors (Lipinski definition) is 1. The molecule has 3 aromatic rings. The zero-order valence-electron chi connectivity index (χ0n) is 14.4. The van der Waals surface area contributed by atoms with Crippen LogP contribution in [-0.4, -0.2) is 29.7 Å². The number of aromatic nitrogens is 1. The first-order valence-electron chi connectivity index (χ1n) is 7.55. The van der Waals surface area contributed by atoms with Crippen LogP contribution < -0.4 is 14.2 Å². The van der Waals surface area contributed by atoms with Crippen molar-refractivity contribution in [2.24, 2.45) is 0 Å². The second kappa shape index (κ2) is 6.80. The second-order valence-electron chi connectivity index (χ2n) is 5.57. The van der Waals surface area contributed by atoms with Gasteiger partial charge in [0.15, 0.2) is 23.1 Å². The monoisotopic (exact) mass is 376 g/mol. The van der Waals surface area contributed by atoms with E-state index in [4.69, 9.17) is 19.0 Å². The van der Waals surface area contributed by atoms with E-state index in [9.17, 15) is 8.60 Å². The molecule has 0 aliphatic heterocycles. The number of nitrogens with zero attached hydrogens (tertiary/aromatic N) is 1. The highest BCUT2D eigenvalue weighted by Gasteiger charge is 2.14. The maximum absolute atomic E-state index is 14.3. The lowest BCUT2D eigenvalue weighted by molar-refractivity contribution is 0.355. The number of rotatable bonds is 5. The number of ether oxygens (including phenoxy) is 3. The van der Waals surface area contributed by atoms with Gasteiger partial charge in [0.1, 0.15) is 5.75 Å². The van der Waals surface area contributed by atoms with Gasteiger partial charge in [0.25, 0.3) is 0 Å². The quantitative estimate of drug-likeness (QED) is 0.721. The van der Waals surface area contributed by atoms with Crippen LogP contribution in [0.2, 0.25) is 0 Å². The summed E-state index contributed by atoms with van der Waals surface area (Å²) in [5.41, 5.74) is 0.597. The molecule has 2 aromatic carbocycles. The topological polar surface area (TPSA) is 81.5 Å². The molecule has 1 atom stereocenters. The molecule has 0 saturated carbocycles. The minimum absolute atomic E-state index is 0.0420. The molecule has 0 fully saturated rings. The Bertz CT molecular complexity index is 1080. The molecule has 1 unspecified atom stereocenters. The van der Waals surface area contributed by atoms with E-state index in [1.807, 2.05) is 0 Å². The van der Waals surface area contributed by atoms with Gasteiger partial charge in [-0.05, 0) is 30.3 Å². The summed E-state index contributed by atoms with van der Waals surface area (Å²) in [6.45, 7) is 0. The lowest BCUT2D eigenvalue weighted by Gasteiger charge is -2.13. The lowest BCUT2D eigenvalue weighted by Crippen LogP contribution is -1.97. The van der Waals surface area contributed by atoms with Crippen LogP contribution in [0.3, 0.4) is 0 Å². The van der Waals surface area contributed by atoms with Crippen LogP contribution in [-0.2, 0) is 9.73 Å². The maximum Gasteiger partial charge on any atom is 0.166 e. The first kappa shape index (κ1) is 17.9. The Kier molecular flexibility index (Phi) is 4.69. The average molecular weight is 376 g/mol. The van der Waals surface area contributed by atoms with Gasteiger partial charge in [-0.2, -0.15) is 0 Å². The van der Waals surface area contributed by atoms with Gasteiger partial charge in [-0.25, -0.2) is 13.4 Å². The fourth-order valence-corrected chi connectivity index (χ4v) is 3.12. The van der Waals surface area contributed by atoms with E-state index in [1.54, 1.807) is 24.4 Å². The Labute approximate surface area is 150 Å². The molecule has 0 spiro atoms. The van der Waals surface area contributed by atoms with E-state index in [0.717, 1.165) is 6.07 Å². The van der Waals surface area contributed by atoms with Crippen LogP contribution in [0.25, 0.3) is 10.9 Å². The number of hydrogen-bond acceptors (Lipinski definition) is 6. The summed E-state index contributed by atoms with van der Waals surface area (Å²) in [6.07, 6.45) is 2.77. The SMILES string of the molecule is COc1cc2nccc(Oc3ccc(S(C)(=N)=O)cc3F)c2cc1OC. The molecule has 3 rings (SSSR count). The minimum atomic E-state index is -3.00. The van der Waals surface area contributed by atoms with Gasteiger partial charge >= 0.3 is 0 Å². The summed E-state index contributed by atoms with van der Waals surface area (Å²) >= 11 is 0. The Morgan fingerprint density at radius 1 is 1.00 bits per heavy atom. The summed E-state index contributed by atoms with van der Waals surface area (Å²) in [5, 5.41) is 0.619. The summed E-state index contributed by atoms with van der Waals surface area (Å²) in [7, 11) is 0.0405. The molecule has 0 amide bonds. The molecule has 1 aromatic heterocycles. The predicted octanol–water partition coefficient (Wildman–Crippen LogP) is 4.22. The number of pyridine rings is 1. The molecule has 0 radical (unpaired) electrons. The molecule has 1 N–H and O–H groups in total. The van der Waals surface area contributed by atoms with Crippen LogP contribution in [0, 0.1) is 10.6 Å². The molecule has 0 bridgehead atoms. The average Bonchev–Trinajstić information content (AvgIpc) is 2.61. The first-order chi connectivity index (χ1) is 12.3. The number of nitrogens with one attached hydrogen (secondary N) is 1. The fraction of sp³-hybridized carbons (Fsp3) is 0.167. The molecule has 26 heavy (non-hydrogen) atoms. The van der Waals surface area contributed by atoms with E-state index in [-0.39, 0.29) is 10.6 Å². The molecule has 0 aliphatic carbocycles. The van der Waals surface area contributed by atoms with Crippen molar-refractivity contribution in [2.75, 3.05) is 20.5 Å². The van der Waals surface area contributed by atoms with Crippen molar-refractivity contribution in [3.05, 3.63) is 48.4 Å². The largest absolute Gasteiger partial charge is 0.493 e. The predicted molar refractivity (Wildman–Crippen MR) is 96.4 cm³/mol. The van der Waals surface area contributed by atoms with Crippen molar-refractivity contribution in [3.8, 4) is 23.0 Å². The Hall–Kier alpha value is -2.87. The second-order valence-corrected chi connectivity index (χ2v) is 7.73. The van der Waals surface area contributed by atoms with Crippen molar-refractivity contribution in [2.45, 2.75) is 4.90 Å². The maximum atomic E-state index is 14.3. The van der Waals surface area contributed by atoms with Crippen LogP contribution in [0.1, 0.15) is 0 Å². The van der Waals surface area contributed by atoms with E-state index in [0.29, 0.717) is 28.2 Å². The molecule has 8 heteroatoms. The van der Waals surface area contributed by atoms with Gasteiger partial charge in [0.2, 0.25) is 0 Å². The zero-order chi connectivity index (χ0) is 18.9. The minimum Gasteiger partial charge on any atom is -0.493 e. The third-order valence-corrected chi connectivity index (χ3v) is 4.93. The smallest absolute Gasteiger partial charge is 0.166 e. The highest BCUT2D eigenvalue weighted by molar-refractivity contribution is 7.91. The number of benzene rings is 2. The van der Waals surface area contributed by atoms with Gasteiger partial charge < -0.3 is 14.2 Å². The fourth-order valence-electron chi connectivity index (χ4n) is 2.46. The molecule has 1 heterocycles. The highest BCUT2D eigenvalue weighted by atomic mass is 32.2. The van der Waals surface area contributed by atoms with E-state index in [1.165, 1.54) is 32.6 Å². The number of methoxy groups -OCH3 is 2. The van der Waals surface area contributed by atoms with Crippen molar-refractivity contribution < 1.29 is 22.8 Å². The highest BCUT2D eigenvalue weighted by Crippen LogP contribution is 2.37. The number of fused-ring (bicyclic) bond motifs is 1. The van der Waals surface area contributed by atoms with Crippen LogP contribution in [0.15, 0.2) is 47.5 Å². The van der Waals surface area contributed by atoms with Crippen molar-refractivity contribution in [1.82, 2.24) is 4.98 Å². The zero-order valence-corrected chi connectivity index (χ0v) is 15.2. The normalized spacial score (nSPS) is 13.2. The van der Waals surface area contributed by atoms with Gasteiger partial charge in [0, 0.05) is 23.9 Å². The molecule has 0 saturated heterocycles. The third-order valence-electron chi connectivity index (χ3n) is 3.78. The van der Waals surface area contributed by atoms with Gasteiger partial charge in [-0.1, -0.05) is 0 Å². The van der Waals surface area contributed by atoms with Gasteiger partial charge in [0.05, 0.1) is 34.4 Å². The molecular weight excluding hydrogens is 359 g/mol. The third kappa shape index (κ3) is 3.41. The van der Waals surface area contributed by atoms with Crippen LogP contribution in [0.4, 0.5) is 4.39 Å². The summed E-state index contributed by atoms with van der Waals surface area (Å²) in [6, 6.07) is 8.83. The standard InChI is InChI=1S/C18H17FN2O4S/c1-23-17-9-12-14(10-18(17)24-2)21-7-6-15(12)25-16-5-4-11(8-13(16)19)26(3,20)22/h4-10,20H,1-3H3. The summed E-state index contributed by atoms with van der Waals surface area (Å²) in [5.74, 6) is 0.655. The van der Waals surface area contributed by atoms with Crippen molar-refractivity contribution >= 4 is 20.6 Å². The summed E-state index contributed by atoms with van der Waals surface area (Å²) in [4.78, 5) is 4.37. The molecule has 136 valence electrons. The van der Waals surface area contributed by atoms with Crippen LogP contribution >= 0.6 is 0 Å². The van der Waals surface area contributed by atoms with Gasteiger partial charge in [-0.15, -0.1) is 0 Å². The van der Waals surface area contributed by atoms with Crippen molar-refractivity contribution in [1.29, 1.82) is 4.78 Å². The Balaban J connectivity index is 2.06. The summed E-state index contributed by atoms with van der Waals surface area (Å²) < 4.78 is 49.9.